The van der Waals surface area contributed by atoms with E-state index in [0.717, 1.165) is 11.8 Å². The smallest absolute Gasteiger partial charge is 0.296 e. The van der Waals surface area contributed by atoms with E-state index in [1.165, 1.54) is 31.6 Å². The van der Waals surface area contributed by atoms with Crippen molar-refractivity contribution >= 4 is 29.0 Å². The van der Waals surface area contributed by atoms with Crippen molar-refractivity contribution in [2.45, 2.75) is 5.16 Å². The highest BCUT2D eigenvalue weighted by Gasteiger charge is 2.17. The van der Waals surface area contributed by atoms with Gasteiger partial charge in [-0.3, -0.25) is 20.0 Å². The van der Waals surface area contributed by atoms with Gasteiger partial charge in [0.05, 0.1) is 23.9 Å². The molecular formula is C11H11N5O4S. The van der Waals surface area contributed by atoms with Gasteiger partial charge in [-0.2, -0.15) is 5.10 Å². The number of H-pyrrole nitrogens is 1. The van der Waals surface area contributed by atoms with Crippen LogP contribution in [0.15, 0.2) is 29.7 Å². The van der Waals surface area contributed by atoms with Gasteiger partial charge in [-0.15, -0.1) is 0 Å². The second kappa shape index (κ2) is 6.70. The van der Waals surface area contributed by atoms with E-state index >= 15 is 0 Å². The Hall–Kier alpha value is -2.62. The number of rotatable bonds is 6. The summed E-state index contributed by atoms with van der Waals surface area (Å²) >= 11 is 1.14. The van der Waals surface area contributed by atoms with E-state index in [1.807, 2.05) is 0 Å². The number of nitro groups is 1. The number of nitrogens with zero attached hydrogens (tertiary/aromatic N) is 3. The van der Waals surface area contributed by atoms with Crippen molar-refractivity contribution in [2.24, 2.45) is 0 Å². The maximum absolute atomic E-state index is 11.8. The van der Waals surface area contributed by atoms with Crippen LogP contribution in [0.4, 0.5) is 11.4 Å². The van der Waals surface area contributed by atoms with Gasteiger partial charge in [-0.1, -0.05) is 11.8 Å². The van der Waals surface area contributed by atoms with Crippen molar-refractivity contribution < 1.29 is 14.5 Å². The Bertz CT molecular complexity index is 646. The van der Waals surface area contributed by atoms with Gasteiger partial charge in [0, 0.05) is 0 Å². The molecule has 0 saturated heterocycles. The molecule has 2 rings (SSSR count). The molecule has 1 aromatic heterocycles. The molecule has 10 heteroatoms. The number of benzene rings is 1. The number of methoxy groups -OCH3 is 1. The summed E-state index contributed by atoms with van der Waals surface area (Å²) in [6, 6.07) is 4.21. The molecule has 0 bridgehead atoms. The standard InChI is InChI=1S/C11H11N5O4S/c1-20-7-2-3-8(9(4-7)16(18)19)14-10(17)5-21-11-12-6-13-15-11/h2-4,6H,5H2,1H3,(H,14,17)(H,12,13,15). The van der Waals surface area contributed by atoms with Gasteiger partial charge < -0.3 is 10.1 Å². The van der Waals surface area contributed by atoms with Gasteiger partial charge in [0.2, 0.25) is 5.91 Å². The normalized spacial score (nSPS) is 10.1. The number of nitrogens with one attached hydrogen (secondary N) is 2. The number of aromatic amines is 1. The minimum Gasteiger partial charge on any atom is -0.496 e. The summed E-state index contributed by atoms with van der Waals surface area (Å²) < 4.78 is 4.92. The molecule has 0 radical (unpaired) electrons. The minimum absolute atomic E-state index is 0.0539. The number of carbonyl (C=O) groups is 1. The first-order valence-electron chi connectivity index (χ1n) is 5.70. The molecule has 0 saturated carbocycles. The predicted molar refractivity (Wildman–Crippen MR) is 75.4 cm³/mol. The van der Waals surface area contributed by atoms with Gasteiger partial charge in [-0.05, 0) is 12.1 Å². The third-order valence-electron chi connectivity index (χ3n) is 2.41. The molecule has 0 aliphatic carbocycles. The fourth-order valence-corrected chi connectivity index (χ4v) is 2.06. The Morgan fingerprint density at radius 1 is 1.57 bits per heavy atom. The number of nitro benzene ring substituents is 1. The van der Waals surface area contributed by atoms with Crippen LogP contribution in [0, 0.1) is 10.1 Å². The molecule has 1 heterocycles. The molecule has 2 aromatic rings. The number of thioether (sulfide) groups is 1. The van der Waals surface area contributed by atoms with Crippen molar-refractivity contribution in [2.75, 3.05) is 18.2 Å². The number of hydrogen-bond donors (Lipinski definition) is 2. The average Bonchev–Trinajstić information content (AvgIpc) is 2.98. The van der Waals surface area contributed by atoms with Gasteiger partial charge in [0.15, 0.2) is 5.16 Å². The Kier molecular flexibility index (Phi) is 4.72. The van der Waals surface area contributed by atoms with Crippen LogP contribution in [-0.4, -0.2) is 38.9 Å². The zero-order valence-corrected chi connectivity index (χ0v) is 11.7. The maximum Gasteiger partial charge on any atom is 0.296 e. The van der Waals surface area contributed by atoms with E-state index in [2.05, 4.69) is 20.5 Å². The molecule has 21 heavy (non-hydrogen) atoms. The molecule has 9 nitrogen and oxygen atoms in total. The number of anilines is 1. The summed E-state index contributed by atoms with van der Waals surface area (Å²) in [5.74, 6) is 0.0126. The lowest BCUT2D eigenvalue weighted by Gasteiger charge is -2.07. The molecule has 110 valence electrons. The Balaban J connectivity index is 2.04. The summed E-state index contributed by atoms with van der Waals surface area (Å²) in [6.45, 7) is 0. The van der Waals surface area contributed by atoms with Gasteiger partial charge >= 0.3 is 0 Å². The Labute approximate surface area is 123 Å². The van der Waals surface area contributed by atoms with Crippen LogP contribution in [0.1, 0.15) is 0 Å². The molecule has 1 amide bonds. The topological polar surface area (TPSA) is 123 Å². The summed E-state index contributed by atoms with van der Waals surface area (Å²) in [4.78, 5) is 26.0. The highest BCUT2D eigenvalue weighted by atomic mass is 32.2. The van der Waals surface area contributed by atoms with E-state index in [-0.39, 0.29) is 23.0 Å². The van der Waals surface area contributed by atoms with Crippen LogP contribution >= 0.6 is 11.8 Å². The SMILES string of the molecule is COc1ccc(NC(=O)CSc2ncn[nH]2)c([N+](=O)[O-])c1. The number of amides is 1. The highest BCUT2D eigenvalue weighted by molar-refractivity contribution is 7.99. The fourth-order valence-electron chi connectivity index (χ4n) is 1.48. The number of carbonyl (C=O) groups excluding carboxylic acids is 1. The molecular weight excluding hydrogens is 298 g/mol. The van der Waals surface area contributed by atoms with Crippen LogP contribution in [-0.2, 0) is 4.79 Å². The van der Waals surface area contributed by atoms with Crippen molar-refractivity contribution in [3.63, 3.8) is 0 Å². The quantitative estimate of drug-likeness (QED) is 0.470. The van der Waals surface area contributed by atoms with Gasteiger partial charge in [0.1, 0.15) is 17.8 Å². The van der Waals surface area contributed by atoms with Crippen molar-refractivity contribution in [1.82, 2.24) is 15.2 Å². The van der Waals surface area contributed by atoms with Gasteiger partial charge in [-0.25, -0.2) is 4.98 Å². The van der Waals surface area contributed by atoms with Crippen LogP contribution < -0.4 is 10.1 Å². The highest BCUT2D eigenvalue weighted by Crippen LogP contribution is 2.29. The Morgan fingerprint density at radius 2 is 2.38 bits per heavy atom. The first kappa shape index (κ1) is 14.8. The molecule has 0 aliphatic heterocycles. The first-order chi connectivity index (χ1) is 10.1. The number of aromatic nitrogens is 3. The molecule has 2 N–H and O–H groups in total. The van der Waals surface area contributed by atoms with Crippen molar-refractivity contribution in [1.29, 1.82) is 0 Å². The van der Waals surface area contributed by atoms with E-state index in [1.54, 1.807) is 0 Å². The van der Waals surface area contributed by atoms with Crippen molar-refractivity contribution in [3.8, 4) is 5.75 Å². The molecule has 0 spiro atoms. The maximum atomic E-state index is 11.8. The lowest BCUT2D eigenvalue weighted by Crippen LogP contribution is -2.15. The molecule has 1 aromatic carbocycles. The minimum atomic E-state index is -0.582. The summed E-state index contributed by atoms with van der Waals surface area (Å²) in [5.41, 5.74) is -0.115. The van der Waals surface area contributed by atoms with E-state index in [4.69, 9.17) is 4.74 Å². The third-order valence-corrected chi connectivity index (χ3v) is 3.29. The van der Waals surface area contributed by atoms with E-state index < -0.39 is 4.92 Å². The largest absolute Gasteiger partial charge is 0.496 e. The van der Waals surface area contributed by atoms with E-state index in [9.17, 15) is 14.9 Å². The van der Waals surface area contributed by atoms with Crippen LogP contribution in [0.25, 0.3) is 0 Å². The Morgan fingerprint density at radius 3 is 3.00 bits per heavy atom. The average molecular weight is 309 g/mol. The van der Waals surface area contributed by atoms with Crippen LogP contribution in [0.2, 0.25) is 0 Å². The predicted octanol–water partition coefficient (Wildman–Crippen LogP) is 1.45. The summed E-state index contributed by atoms with van der Waals surface area (Å²) in [5, 5.41) is 20.2. The summed E-state index contributed by atoms with van der Waals surface area (Å²) in [6.07, 6.45) is 1.33. The fraction of sp³-hybridized carbons (Fsp3) is 0.182. The van der Waals surface area contributed by atoms with Crippen LogP contribution in [0.5, 0.6) is 5.75 Å². The number of hydrogen-bond acceptors (Lipinski definition) is 7. The third kappa shape index (κ3) is 3.92. The van der Waals surface area contributed by atoms with E-state index in [0.29, 0.717) is 10.9 Å². The lowest BCUT2D eigenvalue weighted by molar-refractivity contribution is -0.384. The van der Waals surface area contributed by atoms with Crippen molar-refractivity contribution in [3.05, 3.63) is 34.6 Å². The zero-order valence-electron chi connectivity index (χ0n) is 10.9. The molecule has 0 aliphatic rings. The van der Waals surface area contributed by atoms with Gasteiger partial charge in [0.25, 0.3) is 5.69 Å². The molecule has 0 unspecified atom stereocenters. The summed E-state index contributed by atoms with van der Waals surface area (Å²) in [7, 11) is 1.41. The monoisotopic (exact) mass is 309 g/mol. The second-order valence-corrected chi connectivity index (χ2v) is 4.73. The number of ether oxygens (including phenoxy) is 1. The first-order valence-corrected chi connectivity index (χ1v) is 6.69. The second-order valence-electron chi connectivity index (χ2n) is 3.77. The molecule has 0 fully saturated rings. The lowest BCUT2D eigenvalue weighted by atomic mass is 10.2. The molecule has 0 atom stereocenters. The van der Waals surface area contributed by atoms with Crippen LogP contribution in [0.3, 0.4) is 0 Å². The zero-order chi connectivity index (χ0) is 15.2.